The van der Waals surface area contributed by atoms with Crippen LogP contribution in [0.25, 0.3) is 0 Å². The molecule has 1 nitrogen and oxygen atoms in total. The van der Waals surface area contributed by atoms with Gasteiger partial charge in [0.1, 0.15) is 0 Å². The maximum absolute atomic E-state index is 5.27. The summed E-state index contributed by atoms with van der Waals surface area (Å²) in [6, 6.07) is 0. The van der Waals surface area contributed by atoms with Gasteiger partial charge in [-0.25, -0.2) is 0 Å². The quantitative estimate of drug-likeness (QED) is 0.494. The van der Waals surface area contributed by atoms with E-state index in [0.717, 1.165) is 13.2 Å². The minimum absolute atomic E-state index is 0.707. The van der Waals surface area contributed by atoms with Crippen LogP contribution in [0.2, 0.25) is 0 Å². The first-order valence-corrected chi connectivity index (χ1v) is 3.96. The van der Waals surface area contributed by atoms with Gasteiger partial charge in [0.2, 0.25) is 0 Å². The lowest BCUT2D eigenvalue weighted by molar-refractivity contribution is 0.132. The van der Waals surface area contributed by atoms with Gasteiger partial charge in [-0.3, -0.25) is 0 Å². The van der Waals surface area contributed by atoms with Crippen LogP contribution in [0.3, 0.4) is 0 Å². The highest BCUT2D eigenvalue weighted by Gasteiger charge is 2.14. The molecule has 1 aliphatic heterocycles. The Morgan fingerprint density at radius 1 is 1.25 bits per heavy atom. The second-order valence-electron chi connectivity index (χ2n) is 2.29. The summed E-state index contributed by atoms with van der Waals surface area (Å²) in [5.41, 5.74) is 0. The van der Waals surface area contributed by atoms with Crippen molar-refractivity contribution in [2.45, 2.75) is 24.3 Å². The molecule has 1 fully saturated rings. The van der Waals surface area contributed by atoms with E-state index in [1.165, 1.54) is 0 Å². The fourth-order valence-corrected chi connectivity index (χ4v) is 2.02. The Morgan fingerprint density at radius 2 is 1.75 bits per heavy atom. The second kappa shape index (κ2) is 2.74. The van der Waals surface area contributed by atoms with Crippen LogP contribution in [-0.2, 0) is 4.74 Å². The zero-order valence-electron chi connectivity index (χ0n) is 5.39. The molecule has 0 aliphatic carbocycles. The summed E-state index contributed by atoms with van der Waals surface area (Å²) in [7, 11) is 0. The van der Waals surface area contributed by atoms with Gasteiger partial charge in [-0.1, -0.05) is 13.8 Å². The smallest absolute Gasteiger partial charge is 0.0582 e. The Labute approximate surface area is 54.8 Å². The predicted molar refractivity (Wildman–Crippen MR) is 37.3 cm³/mol. The highest BCUT2D eigenvalue weighted by atomic mass is 32.2. The average Bonchev–Trinajstić information content (AvgIpc) is 1.64. The van der Waals surface area contributed by atoms with E-state index in [2.05, 4.69) is 13.8 Å². The van der Waals surface area contributed by atoms with Gasteiger partial charge in [-0.15, -0.1) is 0 Å². The Balaban J connectivity index is 2.23. The van der Waals surface area contributed by atoms with Gasteiger partial charge in [-0.2, -0.15) is 11.8 Å². The van der Waals surface area contributed by atoms with Crippen molar-refractivity contribution in [3.8, 4) is 0 Å². The van der Waals surface area contributed by atoms with Gasteiger partial charge in [0.25, 0.3) is 0 Å². The molecule has 2 heteroatoms. The molecule has 2 atom stereocenters. The average molecular weight is 132 g/mol. The first kappa shape index (κ1) is 6.43. The van der Waals surface area contributed by atoms with E-state index in [-0.39, 0.29) is 0 Å². The van der Waals surface area contributed by atoms with E-state index in [1.807, 2.05) is 11.8 Å². The maximum Gasteiger partial charge on any atom is 0.0582 e. The summed E-state index contributed by atoms with van der Waals surface area (Å²) in [6.45, 7) is 6.30. The van der Waals surface area contributed by atoms with Crippen molar-refractivity contribution in [3.05, 3.63) is 0 Å². The van der Waals surface area contributed by atoms with E-state index in [4.69, 9.17) is 4.74 Å². The van der Waals surface area contributed by atoms with Gasteiger partial charge in [0, 0.05) is 10.5 Å². The Hall–Kier alpha value is 0.310. The zero-order chi connectivity index (χ0) is 5.98. The molecule has 0 aromatic rings. The molecule has 0 N–H and O–H groups in total. The lowest BCUT2D eigenvalue weighted by Crippen LogP contribution is -2.23. The monoisotopic (exact) mass is 132 g/mol. The van der Waals surface area contributed by atoms with Crippen molar-refractivity contribution in [3.63, 3.8) is 0 Å². The summed E-state index contributed by atoms with van der Waals surface area (Å²) < 4.78 is 5.27. The molecular weight excluding hydrogens is 120 g/mol. The second-order valence-corrected chi connectivity index (χ2v) is 4.18. The first-order chi connectivity index (χ1) is 3.79. The Bertz CT molecular complexity index is 66.9. The largest absolute Gasteiger partial charge is 0.379 e. The van der Waals surface area contributed by atoms with E-state index in [9.17, 15) is 0 Å². The van der Waals surface area contributed by atoms with E-state index >= 15 is 0 Å². The van der Waals surface area contributed by atoms with E-state index in [0.29, 0.717) is 10.5 Å². The summed E-state index contributed by atoms with van der Waals surface area (Å²) >= 11 is 2.02. The van der Waals surface area contributed by atoms with Crippen molar-refractivity contribution in [1.29, 1.82) is 0 Å². The van der Waals surface area contributed by atoms with E-state index in [1.54, 1.807) is 0 Å². The summed E-state index contributed by atoms with van der Waals surface area (Å²) in [6.07, 6.45) is 0. The highest BCUT2D eigenvalue weighted by molar-refractivity contribution is 8.00. The van der Waals surface area contributed by atoms with Crippen LogP contribution in [-0.4, -0.2) is 23.7 Å². The molecule has 0 bridgehead atoms. The molecule has 8 heavy (non-hydrogen) atoms. The van der Waals surface area contributed by atoms with Crippen LogP contribution in [0.15, 0.2) is 0 Å². The molecular formula is C6H12OS. The SMILES string of the molecule is CC1COCC(C)S1. The topological polar surface area (TPSA) is 9.23 Å². The molecule has 0 radical (unpaired) electrons. The van der Waals surface area contributed by atoms with Crippen molar-refractivity contribution < 1.29 is 4.74 Å². The maximum atomic E-state index is 5.27. The van der Waals surface area contributed by atoms with Gasteiger partial charge in [-0.05, 0) is 0 Å². The predicted octanol–water partition coefficient (Wildman–Crippen LogP) is 1.53. The third kappa shape index (κ3) is 1.67. The third-order valence-electron chi connectivity index (χ3n) is 1.17. The standard InChI is InChI=1S/C6H12OS/c1-5-3-7-4-6(2)8-5/h5-6H,3-4H2,1-2H3. The van der Waals surface area contributed by atoms with Crippen LogP contribution in [0.4, 0.5) is 0 Å². The molecule has 0 spiro atoms. The summed E-state index contributed by atoms with van der Waals surface area (Å²) in [4.78, 5) is 0. The third-order valence-corrected chi connectivity index (χ3v) is 2.37. The molecule has 2 unspecified atom stereocenters. The van der Waals surface area contributed by atoms with Crippen molar-refractivity contribution in [1.82, 2.24) is 0 Å². The Kier molecular flexibility index (Phi) is 2.20. The van der Waals surface area contributed by atoms with Crippen LogP contribution >= 0.6 is 11.8 Å². The van der Waals surface area contributed by atoms with E-state index < -0.39 is 0 Å². The zero-order valence-corrected chi connectivity index (χ0v) is 6.20. The minimum Gasteiger partial charge on any atom is -0.379 e. The molecule has 48 valence electrons. The fraction of sp³-hybridized carbons (Fsp3) is 1.00. The number of ether oxygens (including phenoxy) is 1. The molecule has 0 amide bonds. The lowest BCUT2D eigenvalue weighted by atomic mass is 10.4. The Morgan fingerprint density at radius 3 is 2.00 bits per heavy atom. The van der Waals surface area contributed by atoms with Gasteiger partial charge in [0.05, 0.1) is 13.2 Å². The van der Waals surface area contributed by atoms with Crippen LogP contribution in [0.1, 0.15) is 13.8 Å². The first-order valence-electron chi connectivity index (χ1n) is 3.02. The van der Waals surface area contributed by atoms with Crippen molar-refractivity contribution in [2.24, 2.45) is 0 Å². The molecule has 1 aliphatic rings. The number of hydrogen-bond donors (Lipinski definition) is 0. The van der Waals surface area contributed by atoms with Crippen molar-refractivity contribution >= 4 is 11.8 Å². The molecule has 0 aromatic heterocycles. The van der Waals surface area contributed by atoms with Crippen LogP contribution in [0.5, 0.6) is 0 Å². The van der Waals surface area contributed by atoms with Crippen molar-refractivity contribution in [2.75, 3.05) is 13.2 Å². The van der Waals surface area contributed by atoms with Gasteiger partial charge < -0.3 is 4.74 Å². The van der Waals surface area contributed by atoms with Gasteiger partial charge in [0.15, 0.2) is 0 Å². The van der Waals surface area contributed by atoms with Crippen LogP contribution < -0.4 is 0 Å². The summed E-state index contributed by atoms with van der Waals surface area (Å²) in [5.74, 6) is 0. The number of hydrogen-bond acceptors (Lipinski definition) is 2. The highest BCUT2D eigenvalue weighted by Crippen LogP contribution is 2.21. The normalized spacial score (nSPS) is 39.8. The molecule has 1 heterocycles. The minimum atomic E-state index is 0.707. The fourth-order valence-electron chi connectivity index (χ4n) is 0.875. The number of thioether (sulfide) groups is 1. The molecule has 0 aromatic carbocycles. The lowest BCUT2D eigenvalue weighted by Gasteiger charge is -2.23. The molecule has 0 saturated carbocycles. The van der Waals surface area contributed by atoms with Gasteiger partial charge >= 0.3 is 0 Å². The number of rotatable bonds is 0. The summed E-state index contributed by atoms with van der Waals surface area (Å²) in [5, 5.41) is 1.41. The molecule has 1 rings (SSSR count). The molecule has 1 saturated heterocycles. The van der Waals surface area contributed by atoms with Crippen LogP contribution in [0, 0.1) is 0 Å².